The van der Waals surface area contributed by atoms with Crippen LogP contribution in [-0.2, 0) is 9.59 Å². The number of thiophene rings is 1. The second-order valence-electron chi connectivity index (χ2n) is 6.72. The molecule has 1 saturated heterocycles. The minimum Gasteiger partial charge on any atom is -0.479 e. The number of nitrogens with zero attached hydrogens (tertiary/aromatic N) is 7. The highest BCUT2D eigenvalue weighted by molar-refractivity contribution is 7.13. The molecule has 0 saturated carbocycles. The van der Waals surface area contributed by atoms with Crippen LogP contribution in [0.25, 0.3) is 16.2 Å². The molecule has 0 amide bonds. The predicted octanol–water partition coefficient (Wildman–Crippen LogP) is -1.12. The first kappa shape index (κ1) is 22.5. The predicted molar refractivity (Wildman–Crippen MR) is 109 cm³/mol. The molecule has 4 rings (SSSR count). The van der Waals surface area contributed by atoms with Crippen molar-refractivity contribution in [3.63, 3.8) is 0 Å². The number of carboxylic acid groups (broad SMARTS) is 2. The summed E-state index contributed by atoms with van der Waals surface area (Å²) in [5.41, 5.74) is 1.66. The fourth-order valence-electron chi connectivity index (χ4n) is 2.83. The van der Waals surface area contributed by atoms with Crippen LogP contribution in [-0.4, -0.2) is 108 Å². The molecule has 4 N–H and O–H groups in total. The molecule has 0 aliphatic carbocycles. The van der Waals surface area contributed by atoms with Gasteiger partial charge in [-0.25, -0.2) is 14.6 Å². The van der Waals surface area contributed by atoms with E-state index in [0.717, 1.165) is 48.2 Å². The van der Waals surface area contributed by atoms with Gasteiger partial charge in [-0.1, -0.05) is 6.07 Å². The summed E-state index contributed by atoms with van der Waals surface area (Å²) >= 11 is 1.66. The molecule has 1 aliphatic heterocycles. The van der Waals surface area contributed by atoms with Crippen molar-refractivity contribution in [2.75, 3.05) is 38.1 Å². The standard InChI is InChI=1S/C13H15N7S.C4H6O6/c1-18-4-6-19(7-5-18)12-13-15-16-17-20(13)10(9-14-12)11-3-2-8-21-11;5-1(3(7)8)2(6)4(9)10/h2-3,8-9H,4-7H2,1H3;1-2,5-6H,(H,7,8)(H,9,10). The molecule has 13 nitrogen and oxygen atoms in total. The summed E-state index contributed by atoms with van der Waals surface area (Å²) in [6.45, 7) is 3.96. The van der Waals surface area contributed by atoms with Gasteiger partial charge in [0.1, 0.15) is 5.69 Å². The van der Waals surface area contributed by atoms with E-state index in [4.69, 9.17) is 20.4 Å². The van der Waals surface area contributed by atoms with Crippen molar-refractivity contribution in [1.29, 1.82) is 0 Å². The number of carbonyl (C=O) groups is 2. The summed E-state index contributed by atoms with van der Waals surface area (Å²) in [4.78, 5) is 29.9. The fraction of sp³-hybridized carbons (Fsp3) is 0.412. The van der Waals surface area contributed by atoms with Crippen molar-refractivity contribution in [2.45, 2.75) is 12.2 Å². The number of hydrogen-bond donors (Lipinski definition) is 4. The van der Waals surface area contributed by atoms with Gasteiger partial charge in [0.2, 0.25) is 5.65 Å². The lowest BCUT2D eigenvalue weighted by Crippen LogP contribution is -2.45. The minimum absolute atomic E-state index is 0.727. The molecule has 0 bridgehead atoms. The molecular formula is C17H21N7O6S. The normalized spacial score (nSPS) is 16.4. The number of aromatic nitrogens is 5. The van der Waals surface area contributed by atoms with Crippen molar-refractivity contribution < 1.29 is 30.0 Å². The largest absolute Gasteiger partial charge is 0.479 e. The Bertz CT molecular complexity index is 1020. The number of tetrazole rings is 1. The van der Waals surface area contributed by atoms with E-state index < -0.39 is 24.1 Å². The third-order valence-electron chi connectivity index (χ3n) is 4.59. The maximum Gasteiger partial charge on any atom is 0.335 e. The van der Waals surface area contributed by atoms with Gasteiger partial charge in [0.25, 0.3) is 0 Å². The Balaban J connectivity index is 0.000000233. The van der Waals surface area contributed by atoms with Crippen LogP contribution >= 0.6 is 11.3 Å². The van der Waals surface area contributed by atoms with Gasteiger partial charge in [-0.15, -0.1) is 16.4 Å². The first-order valence-electron chi connectivity index (χ1n) is 9.15. The molecule has 2 unspecified atom stereocenters. The Hall–Kier alpha value is -3.20. The zero-order valence-corrected chi connectivity index (χ0v) is 17.3. The number of aliphatic hydroxyl groups excluding tert-OH is 2. The molecule has 4 heterocycles. The van der Waals surface area contributed by atoms with Crippen LogP contribution in [0.4, 0.5) is 5.82 Å². The van der Waals surface area contributed by atoms with Crippen LogP contribution in [0.1, 0.15) is 0 Å². The lowest BCUT2D eigenvalue weighted by Gasteiger charge is -2.33. The van der Waals surface area contributed by atoms with Crippen LogP contribution in [0.5, 0.6) is 0 Å². The van der Waals surface area contributed by atoms with E-state index >= 15 is 0 Å². The molecule has 1 fully saturated rings. The lowest BCUT2D eigenvalue weighted by atomic mass is 10.2. The molecule has 166 valence electrons. The van der Waals surface area contributed by atoms with Crippen LogP contribution in [0.3, 0.4) is 0 Å². The third-order valence-corrected chi connectivity index (χ3v) is 5.48. The quantitative estimate of drug-likeness (QED) is 0.368. The summed E-state index contributed by atoms with van der Waals surface area (Å²) in [6, 6.07) is 4.07. The summed E-state index contributed by atoms with van der Waals surface area (Å²) < 4.78 is 1.78. The molecule has 1 aliphatic rings. The zero-order chi connectivity index (χ0) is 22.5. The Morgan fingerprint density at radius 2 is 1.74 bits per heavy atom. The van der Waals surface area contributed by atoms with Gasteiger partial charge in [-0.3, -0.25) is 0 Å². The Labute approximate surface area is 179 Å². The summed E-state index contributed by atoms with van der Waals surface area (Å²) in [5, 5.41) is 46.7. The van der Waals surface area contributed by atoms with Gasteiger partial charge >= 0.3 is 11.9 Å². The Morgan fingerprint density at radius 3 is 2.29 bits per heavy atom. The molecule has 0 radical (unpaired) electrons. The van der Waals surface area contributed by atoms with Crippen LogP contribution in [0, 0.1) is 0 Å². The van der Waals surface area contributed by atoms with E-state index in [1.807, 2.05) is 17.6 Å². The van der Waals surface area contributed by atoms with Crippen LogP contribution < -0.4 is 4.90 Å². The first-order valence-corrected chi connectivity index (χ1v) is 10.0. The molecule has 3 aromatic rings. The fourth-order valence-corrected chi connectivity index (χ4v) is 3.55. The second-order valence-corrected chi connectivity index (χ2v) is 7.66. The van der Waals surface area contributed by atoms with E-state index in [-0.39, 0.29) is 0 Å². The average Bonchev–Trinajstić information content (AvgIpc) is 3.45. The smallest absolute Gasteiger partial charge is 0.335 e. The van der Waals surface area contributed by atoms with E-state index in [9.17, 15) is 9.59 Å². The topological polar surface area (TPSA) is 178 Å². The van der Waals surface area contributed by atoms with Crippen molar-refractivity contribution in [2.24, 2.45) is 0 Å². The number of hydrogen-bond acceptors (Lipinski definition) is 11. The average molecular weight is 451 g/mol. The van der Waals surface area contributed by atoms with Gasteiger partial charge in [0, 0.05) is 26.2 Å². The molecule has 31 heavy (non-hydrogen) atoms. The first-order chi connectivity index (χ1) is 14.8. The molecule has 0 spiro atoms. The van der Waals surface area contributed by atoms with Crippen molar-refractivity contribution in [1.82, 2.24) is 29.9 Å². The highest BCUT2D eigenvalue weighted by Crippen LogP contribution is 2.27. The summed E-state index contributed by atoms with van der Waals surface area (Å²) in [5.74, 6) is -2.67. The monoisotopic (exact) mass is 451 g/mol. The van der Waals surface area contributed by atoms with Crippen molar-refractivity contribution in [3.8, 4) is 10.6 Å². The molecule has 3 aromatic heterocycles. The highest BCUT2D eigenvalue weighted by atomic mass is 32.1. The van der Waals surface area contributed by atoms with Gasteiger partial charge in [-0.2, -0.15) is 4.52 Å². The third kappa shape index (κ3) is 5.11. The molecular weight excluding hydrogens is 430 g/mol. The number of anilines is 1. The molecule has 2 atom stereocenters. The van der Waals surface area contributed by atoms with Crippen LogP contribution in [0.15, 0.2) is 23.7 Å². The van der Waals surface area contributed by atoms with E-state index in [1.165, 1.54) is 0 Å². The second kappa shape index (κ2) is 9.74. The van der Waals surface area contributed by atoms with Gasteiger partial charge in [0.05, 0.1) is 11.1 Å². The number of carboxylic acids is 2. The Morgan fingerprint density at radius 1 is 1.10 bits per heavy atom. The van der Waals surface area contributed by atoms with Gasteiger partial charge in [0.15, 0.2) is 18.0 Å². The highest BCUT2D eigenvalue weighted by Gasteiger charge is 2.29. The Kier molecular flexibility index (Phi) is 7.06. The number of aliphatic carboxylic acids is 2. The van der Waals surface area contributed by atoms with E-state index in [2.05, 4.69) is 43.4 Å². The summed E-state index contributed by atoms with van der Waals surface area (Å²) in [7, 11) is 2.14. The number of piperazine rings is 1. The molecule has 0 aromatic carbocycles. The minimum atomic E-state index is -2.27. The van der Waals surface area contributed by atoms with E-state index in [1.54, 1.807) is 15.9 Å². The van der Waals surface area contributed by atoms with Crippen LogP contribution in [0.2, 0.25) is 0 Å². The SMILES string of the molecule is CN1CCN(c2ncc(-c3cccs3)n3nnnc23)CC1.O=C(O)C(O)C(O)C(=O)O. The number of rotatable bonds is 5. The van der Waals surface area contributed by atoms with Gasteiger partial charge < -0.3 is 30.2 Å². The van der Waals surface area contributed by atoms with Gasteiger partial charge in [-0.05, 0) is 28.9 Å². The maximum absolute atomic E-state index is 9.77. The maximum atomic E-state index is 9.77. The number of likely N-dealkylation sites (N-methyl/N-ethyl adjacent to an activating group) is 1. The lowest BCUT2D eigenvalue weighted by molar-refractivity contribution is -0.165. The van der Waals surface area contributed by atoms with Crippen molar-refractivity contribution >= 4 is 34.7 Å². The summed E-state index contributed by atoms with van der Waals surface area (Å²) in [6.07, 6.45) is -2.67. The molecule has 14 heteroatoms. The van der Waals surface area contributed by atoms with Crippen molar-refractivity contribution in [3.05, 3.63) is 23.7 Å². The van der Waals surface area contributed by atoms with E-state index in [0.29, 0.717) is 0 Å². The number of aliphatic hydroxyl groups is 2. The number of fused-ring (bicyclic) bond motifs is 1. The zero-order valence-electron chi connectivity index (χ0n) is 16.4.